The summed E-state index contributed by atoms with van der Waals surface area (Å²) >= 11 is 1.41. The average molecular weight is 338 g/mol. The number of esters is 1. The number of thiophene rings is 1. The van der Waals surface area contributed by atoms with Gasteiger partial charge in [0.25, 0.3) is 0 Å². The van der Waals surface area contributed by atoms with Crippen molar-refractivity contribution in [3.05, 3.63) is 15.3 Å². The fraction of sp³-hybridized carbons (Fsp3) is 0.647. The molecule has 23 heavy (non-hydrogen) atoms. The lowest BCUT2D eigenvalue weighted by atomic mass is 9.96. The van der Waals surface area contributed by atoms with Crippen molar-refractivity contribution in [1.82, 2.24) is 4.90 Å². The van der Waals surface area contributed by atoms with E-state index in [4.69, 9.17) is 4.74 Å². The number of likely N-dealkylation sites (tertiary alicyclic amines) is 1. The number of methoxy groups -OCH3 is 1. The van der Waals surface area contributed by atoms with Crippen molar-refractivity contribution in [1.29, 1.82) is 0 Å². The van der Waals surface area contributed by atoms with E-state index in [9.17, 15) is 9.59 Å². The molecule has 0 bridgehead atoms. The number of rotatable bonds is 4. The number of ether oxygens (including phenoxy) is 1. The van der Waals surface area contributed by atoms with Crippen LogP contribution in [0, 0.1) is 19.8 Å². The van der Waals surface area contributed by atoms with Gasteiger partial charge in [-0.25, -0.2) is 4.79 Å². The number of anilines is 1. The Labute approximate surface area is 142 Å². The van der Waals surface area contributed by atoms with E-state index >= 15 is 0 Å². The normalized spacial score (nSPS) is 16.4. The van der Waals surface area contributed by atoms with Crippen LogP contribution in [0.1, 0.15) is 39.9 Å². The van der Waals surface area contributed by atoms with E-state index in [1.165, 1.54) is 18.4 Å². The number of piperidine rings is 1. The molecule has 0 spiro atoms. The summed E-state index contributed by atoms with van der Waals surface area (Å²) in [4.78, 5) is 30.1. The molecule has 0 atom stereocenters. The molecule has 1 aromatic rings. The molecule has 0 radical (unpaired) electrons. The van der Waals surface area contributed by atoms with Gasteiger partial charge in [0.1, 0.15) is 4.88 Å². The Morgan fingerprint density at radius 2 is 1.91 bits per heavy atom. The third-order valence-corrected chi connectivity index (χ3v) is 5.83. The zero-order valence-electron chi connectivity index (χ0n) is 14.6. The van der Waals surface area contributed by atoms with Crippen molar-refractivity contribution in [3.63, 3.8) is 0 Å². The Balaban J connectivity index is 2.31. The number of amides is 1. The van der Waals surface area contributed by atoms with Crippen LogP contribution in [0.25, 0.3) is 0 Å². The van der Waals surface area contributed by atoms with Gasteiger partial charge in [0, 0.05) is 18.3 Å². The van der Waals surface area contributed by atoms with Crippen LogP contribution in [-0.4, -0.2) is 50.6 Å². The van der Waals surface area contributed by atoms with E-state index in [1.54, 1.807) is 11.8 Å². The van der Waals surface area contributed by atoms with Crippen molar-refractivity contribution >= 4 is 28.9 Å². The van der Waals surface area contributed by atoms with Gasteiger partial charge in [0.05, 0.1) is 12.8 Å². The molecule has 2 rings (SSSR count). The van der Waals surface area contributed by atoms with Gasteiger partial charge in [-0.15, -0.1) is 11.3 Å². The van der Waals surface area contributed by atoms with Gasteiger partial charge in [-0.05, 0) is 58.3 Å². The van der Waals surface area contributed by atoms with Crippen LogP contribution < -0.4 is 4.90 Å². The van der Waals surface area contributed by atoms with Gasteiger partial charge < -0.3 is 14.5 Å². The predicted molar refractivity (Wildman–Crippen MR) is 93.4 cm³/mol. The summed E-state index contributed by atoms with van der Waals surface area (Å²) in [7, 11) is 3.51. The number of hydrogen-bond acceptors (Lipinski definition) is 5. The highest BCUT2D eigenvalue weighted by Gasteiger charge is 2.29. The van der Waals surface area contributed by atoms with Crippen LogP contribution in [0.15, 0.2) is 0 Å². The van der Waals surface area contributed by atoms with E-state index in [-0.39, 0.29) is 11.9 Å². The molecule has 6 heteroatoms. The van der Waals surface area contributed by atoms with Crippen molar-refractivity contribution in [2.24, 2.45) is 5.92 Å². The Bertz CT molecular complexity index is 589. The van der Waals surface area contributed by atoms with E-state index in [1.807, 2.05) is 13.8 Å². The lowest BCUT2D eigenvalue weighted by Crippen LogP contribution is -2.39. The quantitative estimate of drug-likeness (QED) is 0.792. The predicted octanol–water partition coefficient (Wildman–Crippen LogP) is 2.85. The molecule has 2 heterocycles. The van der Waals surface area contributed by atoms with Crippen LogP contribution in [-0.2, 0) is 9.53 Å². The van der Waals surface area contributed by atoms with Gasteiger partial charge >= 0.3 is 5.97 Å². The minimum absolute atomic E-state index is 0.0185. The number of nitrogens with zero attached hydrogens (tertiary/aromatic N) is 2. The number of carbonyl (C=O) groups excluding carboxylic acids is 2. The number of hydrogen-bond donors (Lipinski definition) is 0. The van der Waals surface area contributed by atoms with Gasteiger partial charge in [-0.3, -0.25) is 4.79 Å². The summed E-state index contributed by atoms with van der Waals surface area (Å²) < 4.78 is 4.91. The molecule has 0 aliphatic carbocycles. The van der Waals surface area contributed by atoms with Crippen LogP contribution in [0.3, 0.4) is 0 Å². The zero-order chi connectivity index (χ0) is 17.1. The first kappa shape index (κ1) is 17.9. The van der Waals surface area contributed by atoms with Crippen molar-refractivity contribution in [3.8, 4) is 0 Å². The van der Waals surface area contributed by atoms with Crippen LogP contribution in [0.5, 0.6) is 0 Å². The molecular formula is C17H26N2O3S. The van der Waals surface area contributed by atoms with Crippen molar-refractivity contribution < 1.29 is 14.3 Å². The van der Waals surface area contributed by atoms with E-state index in [0.717, 1.165) is 42.1 Å². The molecule has 1 saturated heterocycles. The second kappa shape index (κ2) is 7.45. The SMILES string of the molecule is COC(=O)c1sc(C)c(C)c1N(CC1CCN(C)CC1)C(C)=O. The van der Waals surface area contributed by atoms with Gasteiger partial charge in [-0.1, -0.05) is 0 Å². The van der Waals surface area contributed by atoms with Crippen molar-refractivity contribution in [2.75, 3.05) is 38.7 Å². The van der Waals surface area contributed by atoms with E-state index in [0.29, 0.717) is 17.3 Å². The Morgan fingerprint density at radius 1 is 1.30 bits per heavy atom. The molecule has 1 aromatic heterocycles. The first-order valence-electron chi connectivity index (χ1n) is 8.00. The molecule has 1 fully saturated rings. The molecule has 1 amide bonds. The number of aryl methyl sites for hydroxylation is 1. The monoisotopic (exact) mass is 338 g/mol. The first-order chi connectivity index (χ1) is 10.8. The third-order valence-electron chi connectivity index (χ3n) is 4.65. The Hall–Kier alpha value is -1.40. The molecular weight excluding hydrogens is 312 g/mol. The summed E-state index contributed by atoms with van der Waals surface area (Å²) in [6.45, 7) is 8.30. The highest BCUT2D eigenvalue weighted by molar-refractivity contribution is 7.14. The van der Waals surface area contributed by atoms with Crippen LogP contribution in [0.2, 0.25) is 0 Å². The molecule has 0 saturated carbocycles. The fourth-order valence-corrected chi connectivity index (χ4v) is 4.13. The molecule has 1 aliphatic heterocycles. The molecule has 5 nitrogen and oxygen atoms in total. The highest BCUT2D eigenvalue weighted by atomic mass is 32.1. The summed E-state index contributed by atoms with van der Waals surface area (Å²) in [5, 5.41) is 0. The lowest BCUT2D eigenvalue weighted by Gasteiger charge is -2.33. The van der Waals surface area contributed by atoms with E-state index < -0.39 is 0 Å². The summed E-state index contributed by atoms with van der Waals surface area (Å²) in [6, 6.07) is 0. The first-order valence-corrected chi connectivity index (χ1v) is 8.81. The maximum atomic E-state index is 12.3. The maximum absolute atomic E-state index is 12.3. The van der Waals surface area contributed by atoms with Gasteiger partial charge in [-0.2, -0.15) is 0 Å². The average Bonchev–Trinajstić information content (AvgIpc) is 2.81. The van der Waals surface area contributed by atoms with Crippen LogP contribution >= 0.6 is 11.3 Å². The Kier molecular flexibility index (Phi) is 5.81. The summed E-state index contributed by atoms with van der Waals surface area (Å²) in [6.07, 6.45) is 2.16. The fourth-order valence-electron chi connectivity index (χ4n) is 3.05. The van der Waals surface area contributed by atoms with Gasteiger partial charge in [0.2, 0.25) is 5.91 Å². The lowest BCUT2D eigenvalue weighted by molar-refractivity contribution is -0.116. The van der Waals surface area contributed by atoms with Crippen molar-refractivity contribution in [2.45, 2.75) is 33.6 Å². The topological polar surface area (TPSA) is 49.9 Å². The number of carbonyl (C=O) groups is 2. The highest BCUT2D eigenvalue weighted by Crippen LogP contribution is 2.37. The molecule has 0 unspecified atom stereocenters. The van der Waals surface area contributed by atoms with Crippen LogP contribution in [0.4, 0.5) is 5.69 Å². The van der Waals surface area contributed by atoms with Gasteiger partial charge in [0.15, 0.2) is 0 Å². The molecule has 0 aromatic carbocycles. The largest absolute Gasteiger partial charge is 0.465 e. The molecule has 128 valence electrons. The standard InChI is InChI=1S/C17H26N2O3S/c1-11-12(2)23-16(17(21)22-5)15(11)19(13(3)20)10-14-6-8-18(4)9-7-14/h14H,6-10H2,1-5H3. The Morgan fingerprint density at radius 3 is 2.43 bits per heavy atom. The smallest absolute Gasteiger partial charge is 0.350 e. The molecule has 0 N–H and O–H groups in total. The minimum Gasteiger partial charge on any atom is -0.465 e. The molecule has 1 aliphatic rings. The minimum atomic E-state index is -0.365. The maximum Gasteiger partial charge on any atom is 0.350 e. The zero-order valence-corrected chi connectivity index (χ0v) is 15.5. The summed E-state index contributed by atoms with van der Waals surface area (Å²) in [5.74, 6) is 0.0889. The van der Waals surface area contributed by atoms with E-state index in [2.05, 4.69) is 11.9 Å². The second-order valence-electron chi connectivity index (χ2n) is 6.33. The second-order valence-corrected chi connectivity index (χ2v) is 7.55. The summed E-state index contributed by atoms with van der Waals surface area (Å²) in [5.41, 5.74) is 1.74. The third kappa shape index (κ3) is 3.93.